The predicted molar refractivity (Wildman–Crippen MR) is 72.9 cm³/mol. The third kappa shape index (κ3) is 3.46. The summed E-state index contributed by atoms with van der Waals surface area (Å²) < 4.78 is 0. The second-order valence-electron chi connectivity index (χ2n) is 5.18. The number of thiophene rings is 1. The lowest BCUT2D eigenvalue weighted by atomic mass is 10.1. The van der Waals surface area contributed by atoms with Crippen LogP contribution >= 0.6 is 11.3 Å². The number of carbonyl (C=O) groups is 1. The van der Waals surface area contributed by atoms with Crippen molar-refractivity contribution in [3.05, 3.63) is 22.4 Å². The maximum Gasteiger partial charge on any atom is 0.314 e. The topological polar surface area (TPSA) is 61.4 Å². The molecule has 18 heavy (non-hydrogen) atoms. The van der Waals surface area contributed by atoms with Crippen molar-refractivity contribution in [2.45, 2.75) is 25.7 Å². The van der Waals surface area contributed by atoms with E-state index < -0.39 is 0 Å². The minimum Gasteiger partial charge on any atom is -0.396 e. The Labute approximate surface area is 111 Å². The number of carbonyl (C=O) groups excluding carboxylic acids is 1. The molecule has 4 nitrogen and oxygen atoms in total. The van der Waals surface area contributed by atoms with E-state index in [2.05, 4.69) is 29.0 Å². The summed E-state index contributed by atoms with van der Waals surface area (Å²) in [6, 6.07) is 1.94. The molecule has 1 aromatic heterocycles. The summed E-state index contributed by atoms with van der Waals surface area (Å²) >= 11 is 1.67. The summed E-state index contributed by atoms with van der Waals surface area (Å²) in [5.41, 5.74) is 1.23. The molecule has 1 fully saturated rings. The normalized spacial score (nSPS) is 18.1. The van der Waals surface area contributed by atoms with Gasteiger partial charge in [0.1, 0.15) is 0 Å². The highest BCUT2D eigenvalue weighted by Gasteiger charge is 2.42. The number of urea groups is 1. The smallest absolute Gasteiger partial charge is 0.314 e. The van der Waals surface area contributed by atoms with E-state index >= 15 is 0 Å². The van der Waals surface area contributed by atoms with Crippen LogP contribution in [0.2, 0.25) is 0 Å². The van der Waals surface area contributed by atoms with Gasteiger partial charge in [0.2, 0.25) is 0 Å². The molecule has 2 amide bonds. The second-order valence-corrected chi connectivity index (χ2v) is 5.96. The largest absolute Gasteiger partial charge is 0.396 e. The van der Waals surface area contributed by atoms with E-state index in [4.69, 9.17) is 5.11 Å². The molecule has 1 aliphatic carbocycles. The van der Waals surface area contributed by atoms with Crippen molar-refractivity contribution in [1.82, 2.24) is 10.6 Å². The van der Waals surface area contributed by atoms with E-state index in [0.717, 1.165) is 12.8 Å². The lowest BCUT2D eigenvalue weighted by Gasteiger charge is -2.15. The average Bonchev–Trinajstić information content (AvgIpc) is 2.96. The standard InChI is InChI=1S/C13H20N2O2S/c1-10(11-2-5-18-7-11)6-14-12(17)15-8-13(9-16)3-4-13/h2,5,7,10,16H,3-4,6,8-9H2,1H3,(H2,14,15,17). The fraction of sp³-hybridized carbons (Fsp3) is 0.615. The molecular weight excluding hydrogens is 248 g/mol. The van der Waals surface area contributed by atoms with Crippen LogP contribution in [0.3, 0.4) is 0 Å². The van der Waals surface area contributed by atoms with Crippen LogP contribution in [0.4, 0.5) is 4.79 Å². The number of aliphatic hydroxyl groups is 1. The molecule has 0 aliphatic heterocycles. The van der Waals surface area contributed by atoms with E-state index in [0.29, 0.717) is 19.0 Å². The van der Waals surface area contributed by atoms with E-state index in [1.54, 1.807) is 11.3 Å². The number of hydrogen-bond acceptors (Lipinski definition) is 3. The molecule has 0 aromatic carbocycles. The molecule has 1 aromatic rings. The molecule has 3 N–H and O–H groups in total. The van der Waals surface area contributed by atoms with Gasteiger partial charge in [-0.15, -0.1) is 0 Å². The van der Waals surface area contributed by atoms with Crippen LogP contribution in [-0.2, 0) is 0 Å². The van der Waals surface area contributed by atoms with Crippen LogP contribution in [-0.4, -0.2) is 30.8 Å². The van der Waals surface area contributed by atoms with E-state index in [1.807, 2.05) is 5.38 Å². The van der Waals surface area contributed by atoms with Crippen LogP contribution in [0.25, 0.3) is 0 Å². The Kier molecular flexibility index (Phi) is 4.24. The van der Waals surface area contributed by atoms with E-state index in [-0.39, 0.29) is 18.1 Å². The first kappa shape index (κ1) is 13.4. The SMILES string of the molecule is CC(CNC(=O)NCC1(CO)CC1)c1ccsc1. The first-order chi connectivity index (χ1) is 8.65. The highest BCUT2D eigenvalue weighted by Crippen LogP contribution is 2.44. The van der Waals surface area contributed by atoms with Crippen molar-refractivity contribution in [2.24, 2.45) is 5.41 Å². The summed E-state index contributed by atoms with van der Waals surface area (Å²) in [5.74, 6) is 0.328. The number of hydrogen-bond donors (Lipinski definition) is 3. The molecule has 1 atom stereocenters. The van der Waals surface area contributed by atoms with Crippen LogP contribution in [0.15, 0.2) is 16.8 Å². The quantitative estimate of drug-likeness (QED) is 0.738. The van der Waals surface area contributed by atoms with Gasteiger partial charge in [-0.05, 0) is 41.1 Å². The van der Waals surface area contributed by atoms with E-state index in [1.165, 1.54) is 5.56 Å². The lowest BCUT2D eigenvalue weighted by Crippen LogP contribution is -2.40. The number of nitrogens with one attached hydrogen (secondary N) is 2. The number of rotatable bonds is 6. The van der Waals surface area contributed by atoms with Gasteiger partial charge in [-0.25, -0.2) is 4.79 Å². The molecule has 5 heteroatoms. The van der Waals surface area contributed by atoms with Crippen molar-refractivity contribution in [3.8, 4) is 0 Å². The Balaban J connectivity index is 1.66. The van der Waals surface area contributed by atoms with Gasteiger partial charge >= 0.3 is 6.03 Å². The Morgan fingerprint density at radius 2 is 2.33 bits per heavy atom. The Hall–Kier alpha value is -1.07. The van der Waals surface area contributed by atoms with Gasteiger partial charge in [-0.3, -0.25) is 0 Å². The van der Waals surface area contributed by atoms with Crippen molar-refractivity contribution >= 4 is 17.4 Å². The first-order valence-corrected chi connectivity index (χ1v) is 7.24. The molecule has 0 saturated heterocycles. The zero-order valence-corrected chi connectivity index (χ0v) is 11.4. The minimum absolute atomic E-state index is 0.0314. The molecule has 0 bridgehead atoms. The first-order valence-electron chi connectivity index (χ1n) is 6.30. The zero-order chi connectivity index (χ0) is 13.0. The maximum absolute atomic E-state index is 11.6. The third-order valence-corrected chi connectivity index (χ3v) is 4.30. The molecule has 0 radical (unpaired) electrons. The summed E-state index contributed by atoms with van der Waals surface area (Å²) in [5, 5.41) is 19.0. The summed E-state index contributed by atoms with van der Waals surface area (Å²) in [6.07, 6.45) is 2.02. The maximum atomic E-state index is 11.6. The van der Waals surface area contributed by atoms with Gasteiger partial charge < -0.3 is 15.7 Å². The van der Waals surface area contributed by atoms with Gasteiger partial charge in [0.15, 0.2) is 0 Å². The molecular formula is C13H20N2O2S. The molecule has 100 valence electrons. The Morgan fingerprint density at radius 3 is 2.89 bits per heavy atom. The van der Waals surface area contributed by atoms with Crippen LogP contribution in [0.5, 0.6) is 0 Å². The molecule has 1 aliphatic rings. The molecule has 0 spiro atoms. The summed E-state index contributed by atoms with van der Waals surface area (Å²) in [7, 11) is 0. The molecule has 1 unspecified atom stereocenters. The summed E-state index contributed by atoms with van der Waals surface area (Å²) in [6.45, 7) is 3.47. The fourth-order valence-electron chi connectivity index (χ4n) is 1.82. The third-order valence-electron chi connectivity index (χ3n) is 3.60. The number of amides is 2. The van der Waals surface area contributed by atoms with E-state index in [9.17, 15) is 4.79 Å². The van der Waals surface area contributed by atoms with Gasteiger partial charge in [0, 0.05) is 18.5 Å². The van der Waals surface area contributed by atoms with Crippen LogP contribution < -0.4 is 10.6 Å². The predicted octanol–water partition coefficient (Wildman–Crippen LogP) is 1.92. The van der Waals surface area contributed by atoms with Crippen molar-refractivity contribution < 1.29 is 9.90 Å². The monoisotopic (exact) mass is 268 g/mol. The minimum atomic E-state index is -0.142. The molecule has 2 rings (SSSR count). The van der Waals surface area contributed by atoms with Gasteiger partial charge in [0.05, 0.1) is 6.61 Å². The lowest BCUT2D eigenvalue weighted by molar-refractivity contribution is 0.203. The Morgan fingerprint density at radius 1 is 1.56 bits per heavy atom. The van der Waals surface area contributed by atoms with Gasteiger partial charge in [-0.2, -0.15) is 11.3 Å². The van der Waals surface area contributed by atoms with Crippen molar-refractivity contribution in [3.63, 3.8) is 0 Å². The molecule has 1 saturated carbocycles. The van der Waals surface area contributed by atoms with Gasteiger partial charge in [0.25, 0.3) is 0 Å². The van der Waals surface area contributed by atoms with Crippen molar-refractivity contribution in [2.75, 3.05) is 19.7 Å². The van der Waals surface area contributed by atoms with Crippen LogP contribution in [0.1, 0.15) is 31.2 Å². The zero-order valence-electron chi connectivity index (χ0n) is 10.6. The van der Waals surface area contributed by atoms with Crippen molar-refractivity contribution in [1.29, 1.82) is 0 Å². The second kappa shape index (κ2) is 5.71. The fourth-order valence-corrected chi connectivity index (χ4v) is 2.60. The van der Waals surface area contributed by atoms with Crippen LogP contribution in [0, 0.1) is 5.41 Å². The highest BCUT2D eigenvalue weighted by atomic mass is 32.1. The number of aliphatic hydroxyl groups excluding tert-OH is 1. The average molecular weight is 268 g/mol. The molecule has 1 heterocycles. The summed E-state index contributed by atoms with van der Waals surface area (Å²) in [4.78, 5) is 11.6. The Bertz CT molecular complexity index is 388. The highest BCUT2D eigenvalue weighted by molar-refractivity contribution is 7.07. The van der Waals surface area contributed by atoms with Gasteiger partial charge in [-0.1, -0.05) is 6.92 Å².